The quantitative estimate of drug-likeness (QED) is 0.554. The Hall–Kier alpha value is -1.09. The summed E-state index contributed by atoms with van der Waals surface area (Å²) in [7, 11) is 0. The molecule has 0 saturated carbocycles. The van der Waals surface area contributed by atoms with Gasteiger partial charge in [-0.15, -0.1) is 0 Å². The summed E-state index contributed by atoms with van der Waals surface area (Å²) in [5, 5.41) is 0. The first-order valence-corrected chi connectivity index (χ1v) is 7.18. The van der Waals surface area contributed by atoms with E-state index in [2.05, 4.69) is 34.7 Å². The molecule has 0 saturated heterocycles. The topological polar surface area (TPSA) is 20.3 Å². The fourth-order valence-corrected chi connectivity index (χ4v) is 1.98. The Morgan fingerprint density at radius 3 is 2.22 bits per heavy atom. The van der Waals surface area contributed by atoms with E-state index in [0.29, 0.717) is 0 Å². The van der Waals surface area contributed by atoms with E-state index in [1.54, 1.807) is 6.08 Å². The molecule has 0 aliphatic rings. The molecular weight excluding hydrogens is 290 g/mol. The van der Waals surface area contributed by atoms with Gasteiger partial charge in [0.2, 0.25) is 0 Å². The van der Waals surface area contributed by atoms with E-state index >= 15 is 0 Å². The molecule has 0 bridgehead atoms. The van der Waals surface area contributed by atoms with Gasteiger partial charge in [-0.2, -0.15) is 0 Å². The van der Waals surface area contributed by atoms with Crippen LogP contribution in [0, 0.1) is 0 Å². The van der Waals surface area contributed by atoms with Crippen LogP contribution in [0.3, 0.4) is 0 Å². The van der Waals surface area contributed by atoms with Crippen LogP contribution in [0.1, 0.15) is 37.0 Å². The summed E-state index contributed by atoms with van der Waals surface area (Å²) in [6.45, 7) is 6.29. The Kier molecular flexibility index (Phi) is 6.73. The van der Waals surface area contributed by atoms with Crippen molar-refractivity contribution in [1.82, 2.24) is 4.90 Å². The lowest BCUT2D eigenvalue weighted by Gasteiger charge is -2.18. The molecular formula is C15H20BrNO. The maximum atomic E-state index is 11.9. The predicted molar refractivity (Wildman–Crippen MR) is 79.8 cm³/mol. The number of carbonyl (C=O) groups is 1. The summed E-state index contributed by atoms with van der Waals surface area (Å²) in [4.78, 5) is 14.1. The molecule has 0 atom stereocenters. The van der Waals surface area contributed by atoms with E-state index in [1.165, 1.54) is 0 Å². The van der Waals surface area contributed by atoms with Crippen molar-refractivity contribution < 1.29 is 4.79 Å². The SMILES string of the molecule is CCCN(/C=C\C(=O)c1ccc(Br)cc1)CCC. The zero-order valence-electron chi connectivity index (χ0n) is 11.0. The van der Waals surface area contributed by atoms with Crippen molar-refractivity contribution in [1.29, 1.82) is 0 Å². The largest absolute Gasteiger partial charge is 0.377 e. The van der Waals surface area contributed by atoms with Gasteiger partial charge < -0.3 is 4.90 Å². The number of rotatable bonds is 7. The number of hydrogen-bond donors (Lipinski definition) is 0. The van der Waals surface area contributed by atoms with Crippen molar-refractivity contribution in [3.8, 4) is 0 Å². The van der Waals surface area contributed by atoms with E-state index in [4.69, 9.17) is 0 Å². The summed E-state index contributed by atoms with van der Waals surface area (Å²) < 4.78 is 0.988. The Morgan fingerprint density at radius 1 is 1.17 bits per heavy atom. The maximum Gasteiger partial charge on any atom is 0.187 e. The van der Waals surface area contributed by atoms with Gasteiger partial charge in [0.25, 0.3) is 0 Å². The number of hydrogen-bond acceptors (Lipinski definition) is 2. The van der Waals surface area contributed by atoms with Crippen LogP contribution in [0.25, 0.3) is 0 Å². The molecule has 0 aromatic heterocycles. The highest BCUT2D eigenvalue weighted by Crippen LogP contribution is 2.11. The number of nitrogens with zero attached hydrogens (tertiary/aromatic N) is 1. The van der Waals surface area contributed by atoms with E-state index in [1.807, 2.05) is 30.5 Å². The highest BCUT2D eigenvalue weighted by Gasteiger charge is 2.02. The van der Waals surface area contributed by atoms with Crippen molar-refractivity contribution in [2.24, 2.45) is 0 Å². The van der Waals surface area contributed by atoms with E-state index in [9.17, 15) is 4.79 Å². The van der Waals surface area contributed by atoms with Crippen LogP contribution in [0.15, 0.2) is 41.0 Å². The first kappa shape index (κ1) is 15.0. The number of allylic oxidation sites excluding steroid dienone is 1. The Morgan fingerprint density at radius 2 is 1.72 bits per heavy atom. The average molecular weight is 310 g/mol. The number of benzene rings is 1. The summed E-state index contributed by atoms with van der Waals surface area (Å²) in [6, 6.07) is 7.44. The smallest absolute Gasteiger partial charge is 0.187 e. The molecule has 0 aliphatic carbocycles. The average Bonchev–Trinajstić information content (AvgIpc) is 2.37. The van der Waals surface area contributed by atoms with Crippen LogP contribution < -0.4 is 0 Å². The molecule has 1 aromatic carbocycles. The minimum Gasteiger partial charge on any atom is -0.377 e. The van der Waals surface area contributed by atoms with Crippen LogP contribution in [0.2, 0.25) is 0 Å². The zero-order valence-corrected chi connectivity index (χ0v) is 12.6. The molecule has 1 rings (SSSR count). The maximum absolute atomic E-state index is 11.9. The lowest BCUT2D eigenvalue weighted by Crippen LogP contribution is -2.19. The Bertz CT molecular complexity index is 391. The second-order valence-corrected chi connectivity index (χ2v) is 5.14. The van der Waals surface area contributed by atoms with Crippen LogP contribution in [-0.4, -0.2) is 23.8 Å². The van der Waals surface area contributed by atoms with Gasteiger partial charge in [-0.05, 0) is 37.1 Å². The third-order valence-electron chi connectivity index (χ3n) is 2.59. The van der Waals surface area contributed by atoms with Gasteiger partial charge in [0.1, 0.15) is 0 Å². The van der Waals surface area contributed by atoms with Crippen LogP contribution in [0.5, 0.6) is 0 Å². The van der Waals surface area contributed by atoms with E-state index in [0.717, 1.165) is 36.0 Å². The van der Waals surface area contributed by atoms with Gasteiger partial charge in [-0.25, -0.2) is 0 Å². The van der Waals surface area contributed by atoms with Crippen molar-refractivity contribution in [2.75, 3.05) is 13.1 Å². The number of ketones is 1. The molecule has 0 N–H and O–H groups in total. The molecule has 3 heteroatoms. The predicted octanol–water partition coefficient (Wildman–Crippen LogP) is 4.27. The molecule has 18 heavy (non-hydrogen) atoms. The minimum atomic E-state index is 0.0553. The number of carbonyl (C=O) groups excluding carboxylic acids is 1. The standard InChI is InChI=1S/C15H20BrNO/c1-3-10-17(11-4-2)12-9-15(18)13-5-7-14(16)8-6-13/h5-9,12H,3-4,10-11H2,1-2H3/b12-9-. The zero-order chi connectivity index (χ0) is 13.4. The lowest BCUT2D eigenvalue weighted by atomic mass is 10.1. The van der Waals surface area contributed by atoms with Crippen LogP contribution >= 0.6 is 15.9 Å². The number of halogens is 1. The second-order valence-electron chi connectivity index (χ2n) is 4.22. The third kappa shape index (κ3) is 5.05. The van der Waals surface area contributed by atoms with Gasteiger partial charge in [0.15, 0.2) is 5.78 Å². The highest BCUT2D eigenvalue weighted by molar-refractivity contribution is 9.10. The van der Waals surface area contributed by atoms with Gasteiger partial charge in [0.05, 0.1) is 0 Å². The normalized spacial score (nSPS) is 10.8. The van der Waals surface area contributed by atoms with Crippen molar-refractivity contribution in [3.63, 3.8) is 0 Å². The van der Waals surface area contributed by atoms with Gasteiger partial charge >= 0.3 is 0 Å². The molecule has 2 nitrogen and oxygen atoms in total. The monoisotopic (exact) mass is 309 g/mol. The molecule has 0 aliphatic heterocycles. The minimum absolute atomic E-state index is 0.0553. The molecule has 0 spiro atoms. The fraction of sp³-hybridized carbons (Fsp3) is 0.400. The van der Waals surface area contributed by atoms with Gasteiger partial charge in [-0.1, -0.05) is 29.8 Å². The lowest BCUT2D eigenvalue weighted by molar-refractivity contribution is 0.104. The summed E-state index contributed by atoms with van der Waals surface area (Å²) in [5.74, 6) is 0.0553. The molecule has 98 valence electrons. The van der Waals surface area contributed by atoms with Crippen molar-refractivity contribution >= 4 is 21.7 Å². The van der Waals surface area contributed by atoms with Crippen molar-refractivity contribution in [3.05, 3.63) is 46.6 Å². The summed E-state index contributed by atoms with van der Waals surface area (Å²) in [5.41, 5.74) is 0.724. The van der Waals surface area contributed by atoms with Crippen LogP contribution in [-0.2, 0) is 0 Å². The molecule has 0 fully saturated rings. The molecule has 1 aromatic rings. The van der Waals surface area contributed by atoms with Crippen molar-refractivity contribution in [2.45, 2.75) is 26.7 Å². The Balaban J connectivity index is 2.64. The third-order valence-corrected chi connectivity index (χ3v) is 3.12. The molecule has 0 heterocycles. The first-order chi connectivity index (χ1) is 8.67. The summed E-state index contributed by atoms with van der Waals surface area (Å²) in [6.07, 6.45) is 5.76. The molecule has 0 unspecified atom stereocenters. The first-order valence-electron chi connectivity index (χ1n) is 6.39. The van der Waals surface area contributed by atoms with Gasteiger partial charge in [0, 0.05) is 35.4 Å². The summed E-state index contributed by atoms with van der Waals surface area (Å²) >= 11 is 3.36. The fourth-order valence-electron chi connectivity index (χ4n) is 1.72. The molecule has 0 radical (unpaired) electrons. The van der Waals surface area contributed by atoms with E-state index < -0.39 is 0 Å². The second kappa shape index (κ2) is 8.09. The van der Waals surface area contributed by atoms with Gasteiger partial charge in [-0.3, -0.25) is 4.79 Å². The Labute approximate surface area is 118 Å². The van der Waals surface area contributed by atoms with E-state index in [-0.39, 0.29) is 5.78 Å². The van der Waals surface area contributed by atoms with Crippen LogP contribution in [0.4, 0.5) is 0 Å². The molecule has 0 amide bonds. The highest BCUT2D eigenvalue weighted by atomic mass is 79.9.